The maximum Gasteiger partial charge on any atom is 0.164 e. The first-order chi connectivity index (χ1) is 23.3. The van der Waals surface area contributed by atoms with Crippen LogP contribution in [0.4, 0.5) is 0 Å². The van der Waals surface area contributed by atoms with E-state index in [4.69, 9.17) is 15.0 Å². The second-order valence-corrected chi connectivity index (χ2v) is 12.8. The van der Waals surface area contributed by atoms with Crippen LogP contribution >= 0.6 is 11.3 Å². The Balaban J connectivity index is 1.11. The highest BCUT2D eigenvalue weighted by Gasteiger charge is 2.14. The summed E-state index contributed by atoms with van der Waals surface area (Å²) >= 11 is 1.87. The fourth-order valence-electron chi connectivity index (χ4n) is 6.38. The van der Waals surface area contributed by atoms with Crippen molar-refractivity contribution in [3.63, 3.8) is 0 Å². The van der Waals surface area contributed by atoms with Crippen molar-refractivity contribution in [1.82, 2.24) is 15.0 Å². The van der Waals surface area contributed by atoms with Gasteiger partial charge in [0.15, 0.2) is 17.5 Å². The minimum Gasteiger partial charge on any atom is -0.208 e. The van der Waals surface area contributed by atoms with E-state index in [1.54, 1.807) is 0 Å². The monoisotopic (exact) mass is 617 g/mol. The highest BCUT2D eigenvalue weighted by molar-refractivity contribution is 7.26. The highest BCUT2D eigenvalue weighted by Crippen LogP contribution is 2.40. The molecule has 0 saturated heterocycles. The molecule has 0 aliphatic rings. The molecule has 2 heterocycles. The number of fused-ring (bicyclic) bond motifs is 5. The lowest BCUT2D eigenvalue weighted by Crippen LogP contribution is -2.00. The van der Waals surface area contributed by atoms with Crippen LogP contribution in [0.2, 0.25) is 0 Å². The summed E-state index contributed by atoms with van der Waals surface area (Å²) in [6, 6.07) is 57.5. The van der Waals surface area contributed by atoms with Crippen LogP contribution in [0.15, 0.2) is 164 Å². The molecule has 47 heavy (non-hydrogen) atoms. The first-order valence-corrected chi connectivity index (χ1v) is 16.5. The standard InChI is InChI=1S/C43H27N3S/c1-3-12-29(13-4-1)41-44-42(30-14-5-2-6-15-30)46-43(45-41)35-19-10-18-33(26-35)31-16-9-17-32(25-31)34-21-23-37-39(27-34)47-38-24-22-28-11-7-8-20-36(28)40(37)38/h1-27H. The predicted octanol–water partition coefficient (Wildman–Crippen LogP) is 11.7. The Kier molecular flexibility index (Phi) is 6.65. The second kappa shape index (κ2) is 11.4. The Hall–Kier alpha value is -5.97. The van der Waals surface area contributed by atoms with Crippen molar-refractivity contribution in [1.29, 1.82) is 0 Å². The summed E-state index contributed by atoms with van der Waals surface area (Å²) < 4.78 is 2.63. The van der Waals surface area contributed by atoms with Gasteiger partial charge in [0.25, 0.3) is 0 Å². The van der Waals surface area contributed by atoms with Gasteiger partial charge in [-0.3, -0.25) is 0 Å². The molecule has 0 saturated carbocycles. The third kappa shape index (κ3) is 5.05. The van der Waals surface area contributed by atoms with Gasteiger partial charge in [0, 0.05) is 36.9 Å². The van der Waals surface area contributed by atoms with E-state index in [1.807, 2.05) is 72.0 Å². The minimum absolute atomic E-state index is 0.651. The molecule has 4 heteroatoms. The molecule has 0 spiro atoms. The van der Waals surface area contributed by atoms with Crippen molar-refractivity contribution in [3.05, 3.63) is 164 Å². The number of aromatic nitrogens is 3. The van der Waals surface area contributed by atoms with Gasteiger partial charge in [-0.05, 0) is 57.3 Å². The average molecular weight is 618 g/mol. The van der Waals surface area contributed by atoms with Gasteiger partial charge in [-0.1, -0.05) is 140 Å². The summed E-state index contributed by atoms with van der Waals surface area (Å²) in [5.41, 5.74) is 7.53. The Morgan fingerprint density at radius 3 is 1.49 bits per heavy atom. The first kappa shape index (κ1) is 27.3. The third-order valence-electron chi connectivity index (χ3n) is 8.71. The molecule has 0 radical (unpaired) electrons. The maximum absolute atomic E-state index is 4.94. The number of hydrogen-bond acceptors (Lipinski definition) is 4. The molecule has 0 bridgehead atoms. The van der Waals surface area contributed by atoms with E-state index in [0.29, 0.717) is 17.5 Å². The average Bonchev–Trinajstić information content (AvgIpc) is 3.54. The van der Waals surface area contributed by atoms with E-state index >= 15 is 0 Å². The van der Waals surface area contributed by atoms with Crippen molar-refractivity contribution in [3.8, 4) is 56.4 Å². The molecule has 0 unspecified atom stereocenters. The van der Waals surface area contributed by atoms with Gasteiger partial charge < -0.3 is 0 Å². The van der Waals surface area contributed by atoms with Crippen LogP contribution in [0.5, 0.6) is 0 Å². The van der Waals surface area contributed by atoms with E-state index in [-0.39, 0.29) is 0 Å². The predicted molar refractivity (Wildman–Crippen MR) is 197 cm³/mol. The molecule has 3 nitrogen and oxygen atoms in total. The van der Waals surface area contributed by atoms with Gasteiger partial charge in [-0.2, -0.15) is 0 Å². The molecule has 7 aromatic carbocycles. The molecule has 220 valence electrons. The topological polar surface area (TPSA) is 38.7 Å². The molecular formula is C43H27N3S. The zero-order valence-electron chi connectivity index (χ0n) is 25.3. The number of rotatable bonds is 5. The van der Waals surface area contributed by atoms with Crippen LogP contribution in [0, 0.1) is 0 Å². The summed E-state index contributed by atoms with van der Waals surface area (Å²) in [5, 5.41) is 5.26. The van der Waals surface area contributed by atoms with E-state index < -0.39 is 0 Å². The molecule has 0 aliphatic carbocycles. The summed E-state index contributed by atoms with van der Waals surface area (Å²) in [6.07, 6.45) is 0. The van der Waals surface area contributed by atoms with Crippen LogP contribution in [-0.2, 0) is 0 Å². The molecule has 9 rings (SSSR count). The van der Waals surface area contributed by atoms with Crippen molar-refractivity contribution < 1.29 is 0 Å². The summed E-state index contributed by atoms with van der Waals surface area (Å²) in [7, 11) is 0. The van der Waals surface area contributed by atoms with Crippen molar-refractivity contribution >= 4 is 42.3 Å². The normalized spacial score (nSPS) is 11.4. The van der Waals surface area contributed by atoms with E-state index in [9.17, 15) is 0 Å². The van der Waals surface area contributed by atoms with Crippen molar-refractivity contribution in [2.75, 3.05) is 0 Å². The fourth-order valence-corrected chi connectivity index (χ4v) is 7.54. The Morgan fingerprint density at radius 1 is 0.319 bits per heavy atom. The van der Waals surface area contributed by atoms with Gasteiger partial charge >= 0.3 is 0 Å². The molecule has 0 atom stereocenters. The molecule has 0 N–H and O–H groups in total. The van der Waals surface area contributed by atoms with Crippen LogP contribution < -0.4 is 0 Å². The van der Waals surface area contributed by atoms with Crippen molar-refractivity contribution in [2.24, 2.45) is 0 Å². The first-order valence-electron chi connectivity index (χ1n) is 15.7. The van der Waals surface area contributed by atoms with Crippen LogP contribution in [0.25, 0.3) is 87.4 Å². The van der Waals surface area contributed by atoms with Crippen LogP contribution in [-0.4, -0.2) is 15.0 Å². The summed E-state index contributed by atoms with van der Waals surface area (Å²) in [5.74, 6) is 1.97. The smallest absolute Gasteiger partial charge is 0.164 e. The van der Waals surface area contributed by atoms with E-state index in [0.717, 1.165) is 27.8 Å². The molecule has 0 aliphatic heterocycles. The number of hydrogen-bond donors (Lipinski definition) is 0. The summed E-state index contributed by atoms with van der Waals surface area (Å²) in [4.78, 5) is 14.7. The second-order valence-electron chi connectivity index (χ2n) is 11.7. The summed E-state index contributed by atoms with van der Waals surface area (Å²) in [6.45, 7) is 0. The van der Waals surface area contributed by atoms with E-state index in [2.05, 4.69) is 103 Å². The Morgan fingerprint density at radius 2 is 0.830 bits per heavy atom. The van der Waals surface area contributed by atoms with Gasteiger partial charge in [0.05, 0.1) is 0 Å². The number of nitrogens with zero attached hydrogens (tertiary/aromatic N) is 3. The van der Waals surface area contributed by atoms with Gasteiger partial charge in [-0.25, -0.2) is 15.0 Å². The molecular weight excluding hydrogens is 591 g/mol. The molecule has 0 fully saturated rings. The highest BCUT2D eigenvalue weighted by atomic mass is 32.1. The van der Waals surface area contributed by atoms with Crippen molar-refractivity contribution in [2.45, 2.75) is 0 Å². The largest absolute Gasteiger partial charge is 0.208 e. The Labute approximate surface area is 276 Å². The molecule has 9 aromatic rings. The number of benzene rings is 7. The van der Waals surface area contributed by atoms with Gasteiger partial charge in [-0.15, -0.1) is 11.3 Å². The molecule has 0 amide bonds. The number of thiophene rings is 1. The lowest BCUT2D eigenvalue weighted by Gasteiger charge is -2.10. The quantitative estimate of drug-likeness (QED) is 0.193. The fraction of sp³-hybridized carbons (Fsp3) is 0. The Bertz CT molecular complexity index is 2510. The SMILES string of the molecule is c1ccc(-c2nc(-c3ccccc3)nc(-c3cccc(-c4cccc(-c5ccc6c(c5)sc5ccc7ccccc7c56)c4)c3)n2)cc1. The van der Waals surface area contributed by atoms with Crippen LogP contribution in [0.3, 0.4) is 0 Å². The zero-order chi connectivity index (χ0) is 31.2. The zero-order valence-corrected chi connectivity index (χ0v) is 26.2. The van der Waals surface area contributed by atoms with Crippen LogP contribution in [0.1, 0.15) is 0 Å². The van der Waals surface area contributed by atoms with E-state index in [1.165, 1.54) is 42.1 Å². The lowest BCUT2D eigenvalue weighted by atomic mass is 9.97. The third-order valence-corrected chi connectivity index (χ3v) is 9.83. The lowest BCUT2D eigenvalue weighted by molar-refractivity contribution is 1.07. The minimum atomic E-state index is 0.651. The van der Waals surface area contributed by atoms with Gasteiger partial charge in [0.2, 0.25) is 0 Å². The maximum atomic E-state index is 4.94. The van der Waals surface area contributed by atoms with Gasteiger partial charge in [0.1, 0.15) is 0 Å². The molecule has 2 aromatic heterocycles.